The lowest BCUT2D eigenvalue weighted by molar-refractivity contribution is -0.148. The van der Waals surface area contributed by atoms with Gasteiger partial charge in [-0.15, -0.1) is 11.3 Å². The Hall–Kier alpha value is -0.550. The molecule has 0 atom stereocenters. The summed E-state index contributed by atoms with van der Waals surface area (Å²) in [5, 5.41) is 3.00. The van der Waals surface area contributed by atoms with Gasteiger partial charge in [-0.3, -0.25) is 4.79 Å². The molecule has 0 saturated carbocycles. The first-order chi connectivity index (χ1) is 7.52. The van der Waals surface area contributed by atoms with E-state index < -0.39 is 5.41 Å². The highest BCUT2D eigenvalue weighted by Gasteiger charge is 2.33. The number of nitrogens with zero attached hydrogens (tertiary/aromatic N) is 1. The number of aromatic nitrogens is 1. The number of thioether (sulfide) groups is 1. The van der Waals surface area contributed by atoms with Crippen LogP contribution in [0.3, 0.4) is 0 Å². The minimum absolute atomic E-state index is 0.212. The number of esters is 1. The lowest BCUT2D eigenvalue weighted by Gasteiger charge is -2.19. The molecule has 0 aliphatic rings. The van der Waals surface area contributed by atoms with Crippen LogP contribution in [-0.2, 0) is 20.7 Å². The predicted molar refractivity (Wildman–Crippen MR) is 69.0 cm³/mol. The molecule has 0 amide bonds. The second-order valence-corrected chi connectivity index (χ2v) is 5.71. The maximum atomic E-state index is 11.8. The van der Waals surface area contributed by atoms with Crippen molar-refractivity contribution in [2.45, 2.75) is 31.9 Å². The molecule has 0 unspecified atom stereocenters. The fraction of sp³-hybridized carbons (Fsp3) is 0.636. The van der Waals surface area contributed by atoms with Crippen molar-refractivity contribution in [1.29, 1.82) is 0 Å². The van der Waals surface area contributed by atoms with Gasteiger partial charge in [0, 0.05) is 11.1 Å². The fourth-order valence-corrected chi connectivity index (χ4v) is 2.89. The Kier molecular flexibility index (Phi) is 4.80. The van der Waals surface area contributed by atoms with E-state index in [9.17, 15) is 4.79 Å². The molecule has 0 radical (unpaired) electrons. The van der Waals surface area contributed by atoms with Crippen LogP contribution < -0.4 is 0 Å². The third-order valence-corrected chi connectivity index (χ3v) is 3.84. The maximum absolute atomic E-state index is 11.8. The molecule has 0 spiro atoms. The van der Waals surface area contributed by atoms with Crippen molar-refractivity contribution in [3.8, 4) is 0 Å². The molecule has 0 aliphatic heterocycles. The van der Waals surface area contributed by atoms with E-state index >= 15 is 0 Å². The molecular weight excluding hydrogens is 242 g/mol. The number of hydrogen-bond acceptors (Lipinski definition) is 5. The summed E-state index contributed by atoms with van der Waals surface area (Å²) in [6.07, 6.45) is 2.04. The van der Waals surface area contributed by atoms with Crippen LogP contribution in [-0.4, -0.2) is 23.8 Å². The van der Waals surface area contributed by atoms with Crippen LogP contribution in [0.1, 0.15) is 31.5 Å². The van der Waals surface area contributed by atoms with Crippen LogP contribution in [0.25, 0.3) is 0 Å². The van der Waals surface area contributed by atoms with Crippen LogP contribution in [0, 0.1) is 0 Å². The first-order valence-electron chi connectivity index (χ1n) is 5.13. The topological polar surface area (TPSA) is 39.2 Å². The predicted octanol–water partition coefficient (Wildman–Crippen LogP) is 2.85. The molecule has 1 aromatic heterocycles. The molecule has 1 rings (SSSR count). The number of rotatable bonds is 5. The summed E-state index contributed by atoms with van der Waals surface area (Å²) in [4.78, 5) is 16.2. The zero-order valence-corrected chi connectivity index (χ0v) is 11.7. The van der Waals surface area contributed by atoms with E-state index in [0.717, 1.165) is 16.5 Å². The van der Waals surface area contributed by atoms with Gasteiger partial charge in [-0.05, 0) is 27.0 Å². The molecule has 5 heteroatoms. The van der Waals surface area contributed by atoms with Crippen LogP contribution in [0.4, 0.5) is 0 Å². The van der Waals surface area contributed by atoms with Gasteiger partial charge in [0.05, 0.1) is 12.3 Å². The normalized spacial score (nSPS) is 11.5. The molecule has 0 N–H and O–H groups in total. The Bertz CT molecular complexity index is 361. The van der Waals surface area contributed by atoms with Crippen molar-refractivity contribution >= 4 is 29.1 Å². The Labute approximate surface area is 105 Å². The number of hydrogen-bond donors (Lipinski definition) is 0. The largest absolute Gasteiger partial charge is 0.465 e. The number of carbonyl (C=O) groups excluding carboxylic acids is 1. The van der Waals surface area contributed by atoms with Crippen molar-refractivity contribution in [3.05, 3.63) is 16.1 Å². The molecule has 90 valence electrons. The van der Waals surface area contributed by atoms with Crippen molar-refractivity contribution in [1.82, 2.24) is 4.98 Å². The van der Waals surface area contributed by atoms with E-state index in [1.165, 1.54) is 0 Å². The summed E-state index contributed by atoms with van der Waals surface area (Å²) in [5.41, 5.74) is 0.156. The summed E-state index contributed by atoms with van der Waals surface area (Å²) < 4.78 is 5.05. The highest BCUT2D eigenvalue weighted by atomic mass is 32.2. The number of thiazole rings is 1. The van der Waals surface area contributed by atoms with Crippen molar-refractivity contribution in [2.75, 3.05) is 12.9 Å². The molecule has 0 aromatic carbocycles. The van der Waals surface area contributed by atoms with Crippen LogP contribution >= 0.6 is 23.1 Å². The van der Waals surface area contributed by atoms with Crippen molar-refractivity contribution in [2.24, 2.45) is 0 Å². The highest BCUT2D eigenvalue weighted by molar-refractivity contribution is 7.97. The zero-order chi connectivity index (χ0) is 12.2. The van der Waals surface area contributed by atoms with E-state index in [-0.39, 0.29) is 5.97 Å². The van der Waals surface area contributed by atoms with Gasteiger partial charge in [0.2, 0.25) is 0 Å². The van der Waals surface area contributed by atoms with Crippen molar-refractivity contribution in [3.63, 3.8) is 0 Å². The van der Waals surface area contributed by atoms with Gasteiger partial charge in [-0.2, -0.15) is 11.8 Å². The van der Waals surface area contributed by atoms with E-state index in [1.54, 1.807) is 23.1 Å². The summed E-state index contributed by atoms with van der Waals surface area (Å²) >= 11 is 3.33. The van der Waals surface area contributed by atoms with Gasteiger partial charge >= 0.3 is 5.97 Å². The van der Waals surface area contributed by atoms with E-state index in [2.05, 4.69) is 4.98 Å². The summed E-state index contributed by atoms with van der Waals surface area (Å²) in [5.74, 6) is 0.680. The SMILES string of the molecule is CCOC(=O)C(C)(C)c1csc(CSC)n1. The van der Waals surface area contributed by atoms with Gasteiger partial charge in [-0.25, -0.2) is 4.98 Å². The average molecular weight is 259 g/mol. The maximum Gasteiger partial charge on any atom is 0.317 e. The van der Waals surface area contributed by atoms with Crippen LogP contribution in [0.15, 0.2) is 5.38 Å². The lowest BCUT2D eigenvalue weighted by atomic mass is 9.90. The van der Waals surface area contributed by atoms with E-state index in [1.807, 2.05) is 32.4 Å². The lowest BCUT2D eigenvalue weighted by Crippen LogP contribution is -2.31. The quantitative estimate of drug-likeness (QED) is 0.762. The third kappa shape index (κ3) is 2.98. The Morgan fingerprint density at radius 1 is 1.62 bits per heavy atom. The molecule has 0 saturated heterocycles. The molecule has 0 fully saturated rings. The van der Waals surface area contributed by atoms with Gasteiger partial charge in [0.15, 0.2) is 0 Å². The summed E-state index contributed by atoms with van der Waals surface area (Å²) in [6.45, 7) is 5.92. The van der Waals surface area contributed by atoms with E-state index in [4.69, 9.17) is 4.74 Å². The summed E-state index contributed by atoms with van der Waals surface area (Å²) in [6, 6.07) is 0. The third-order valence-electron chi connectivity index (χ3n) is 2.25. The number of ether oxygens (including phenoxy) is 1. The smallest absolute Gasteiger partial charge is 0.317 e. The molecule has 3 nitrogen and oxygen atoms in total. The standard InChI is InChI=1S/C11H17NO2S2/c1-5-14-10(13)11(2,3)8-6-16-9(12-8)7-15-4/h6H,5,7H2,1-4H3. The molecule has 0 aliphatic carbocycles. The minimum atomic E-state index is -0.650. The average Bonchev–Trinajstić information content (AvgIpc) is 2.68. The first-order valence-corrected chi connectivity index (χ1v) is 7.40. The molecular formula is C11H17NO2S2. The fourth-order valence-electron chi connectivity index (χ4n) is 1.20. The molecule has 0 bridgehead atoms. The first kappa shape index (κ1) is 13.5. The van der Waals surface area contributed by atoms with Crippen LogP contribution in [0.2, 0.25) is 0 Å². The second kappa shape index (κ2) is 5.68. The Morgan fingerprint density at radius 3 is 2.88 bits per heavy atom. The Morgan fingerprint density at radius 2 is 2.31 bits per heavy atom. The molecule has 1 aromatic rings. The van der Waals surface area contributed by atoms with Gasteiger partial charge in [-0.1, -0.05) is 0 Å². The van der Waals surface area contributed by atoms with Gasteiger partial charge in [0.1, 0.15) is 10.4 Å². The second-order valence-electron chi connectivity index (χ2n) is 3.90. The van der Waals surface area contributed by atoms with Crippen molar-refractivity contribution < 1.29 is 9.53 Å². The van der Waals surface area contributed by atoms with E-state index in [0.29, 0.717) is 6.61 Å². The van der Waals surface area contributed by atoms with Crippen LogP contribution in [0.5, 0.6) is 0 Å². The Balaban J connectivity index is 2.84. The van der Waals surface area contributed by atoms with Gasteiger partial charge < -0.3 is 4.74 Å². The molecule has 16 heavy (non-hydrogen) atoms. The molecule has 1 heterocycles. The number of carbonyl (C=O) groups is 1. The van der Waals surface area contributed by atoms with Gasteiger partial charge in [0.25, 0.3) is 0 Å². The monoisotopic (exact) mass is 259 g/mol. The minimum Gasteiger partial charge on any atom is -0.465 e. The zero-order valence-electron chi connectivity index (χ0n) is 10.1. The summed E-state index contributed by atoms with van der Waals surface area (Å²) in [7, 11) is 0. The highest BCUT2D eigenvalue weighted by Crippen LogP contribution is 2.27.